The molecular formula is C16H21N3S. The van der Waals surface area contributed by atoms with Crippen LogP contribution >= 0.6 is 11.8 Å². The topological polar surface area (TPSA) is 29.9 Å². The minimum atomic E-state index is 0.440. The predicted octanol–water partition coefficient (Wildman–Crippen LogP) is 3.18. The van der Waals surface area contributed by atoms with Crippen molar-refractivity contribution >= 4 is 11.8 Å². The van der Waals surface area contributed by atoms with Gasteiger partial charge in [0.2, 0.25) is 0 Å². The molecule has 2 unspecified atom stereocenters. The summed E-state index contributed by atoms with van der Waals surface area (Å²) in [5, 5.41) is 8.52. The molecule has 3 rings (SSSR count). The highest BCUT2D eigenvalue weighted by atomic mass is 32.2. The van der Waals surface area contributed by atoms with Crippen LogP contribution in [0.2, 0.25) is 0 Å². The minimum absolute atomic E-state index is 0.440. The number of hydrogen-bond acceptors (Lipinski definition) is 3. The third-order valence-electron chi connectivity index (χ3n) is 3.85. The molecule has 0 amide bonds. The maximum absolute atomic E-state index is 4.27. The Morgan fingerprint density at radius 1 is 1.40 bits per heavy atom. The van der Waals surface area contributed by atoms with Crippen molar-refractivity contribution in [3.05, 3.63) is 47.8 Å². The smallest absolute Gasteiger partial charge is 0.0625 e. The number of aromatic nitrogens is 2. The summed E-state index contributed by atoms with van der Waals surface area (Å²) in [4.78, 5) is 1.26. The number of nitrogens with zero attached hydrogens (tertiary/aromatic N) is 2. The zero-order chi connectivity index (χ0) is 13.9. The van der Waals surface area contributed by atoms with E-state index in [9.17, 15) is 0 Å². The van der Waals surface area contributed by atoms with Gasteiger partial charge in [-0.2, -0.15) is 5.10 Å². The van der Waals surface area contributed by atoms with Crippen molar-refractivity contribution in [2.75, 3.05) is 6.54 Å². The zero-order valence-corrected chi connectivity index (χ0v) is 12.9. The fourth-order valence-corrected chi connectivity index (χ4v) is 4.24. The Balaban J connectivity index is 1.84. The predicted molar refractivity (Wildman–Crippen MR) is 84.0 cm³/mol. The van der Waals surface area contributed by atoms with Gasteiger partial charge in [0, 0.05) is 29.4 Å². The van der Waals surface area contributed by atoms with Crippen LogP contribution < -0.4 is 5.32 Å². The first-order chi connectivity index (χ1) is 9.78. The number of benzene rings is 1. The highest BCUT2D eigenvalue weighted by molar-refractivity contribution is 8.00. The average molecular weight is 287 g/mol. The summed E-state index contributed by atoms with van der Waals surface area (Å²) in [5.74, 6) is 0. The van der Waals surface area contributed by atoms with Gasteiger partial charge in [0.25, 0.3) is 0 Å². The van der Waals surface area contributed by atoms with Crippen LogP contribution in [0, 0.1) is 0 Å². The van der Waals surface area contributed by atoms with Crippen molar-refractivity contribution in [3.63, 3.8) is 0 Å². The molecule has 1 aromatic heterocycles. The Morgan fingerprint density at radius 3 is 3.00 bits per heavy atom. The van der Waals surface area contributed by atoms with Gasteiger partial charge < -0.3 is 5.32 Å². The lowest BCUT2D eigenvalue weighted by atomic mass is 9.87. The van der Waals surface area contributed by atoms with Crippen molar-refractivity contribution in [3.8, 4) is 0 Å². The molecule has 1 aromatic carbocycles. The van der Waals surface area contributed by atoms with Crippen LogP contribution in [0.5, 0.6) is 0 Å². The van der Waals surface area contributed by atoms with Gasteiger partial charge in [-0.25, -0.2) is 0 Å². The van der Waals surface area contributed by atoms with E-state index in [-0.39, 0.29) is 0 Å². The molecule has 3 nitrogen and oxygen atoms in total. The molecule has 0 saturated carbocycles. The number of nitrogens with one attached hydrogen (secondary N) is 1. The normalized spacial score (nSPS) is 21.7. The number of rotatable bonds is 4. The van der Waals surface area contributed by atoms with Crippen LogP contribution in [0.3, 0.4) is 0 Å². The van der Waals surface area contributed by atoms with Crippen molar-refractivity contribution in [2.45, 2.75) is 36.0 Å². The Bertz CT molecular complexity index is 579. The quantitative estimate of drug-likeness (QED) is 0.936. The van der Waals surface area contributed by atoms with Crippen molar-refractivity contribution in [2.24, 2.45) is 7.05 Å². The van der Waals surface area contributed by atoms with Gasteiger partial charge in [-0.05, 0) is 30.5 Å². The maximum Gasteiger partial charge on any atom is 0.0625 e. The molecule has 2 atom stereocenters. The van der Waals surface area contributed by atoms with Crippen molar-refractivity contribution in [1.82, 2.24) is 15.1 Å². The van der Waals surface area contributed by atoms with Gasteiger partial charge in [0.15, 0.2) is 0 Å². The second kappa shape index (κ2) is 6.02. The molecule has 0 saturated heterocycles. The molecule has 0 aliphatic heterocycles. The molecule has 1 N–H and O–H groups in total. The molecule has 1 heterocycles. The standard InChI is InChI=1S/C16H21N3S/c1-3-17-16-14-7-5-4-6-12(14)8-9-15(16)20-13-10-18-19(2)11-13/h4-7,10-11,15-17H,3,8-9H2,1-2H3. The van der Waals surface area contributed by atoms with E-state index < -0.39 is 0 Å². The van der Waals surface area contributed by atoms with E-state index in [1.54, 1.807) is 0 Å². The lowest BCUT2D eigenvalue weighted by molar-refractivity contribution is 0.484. The Labute approximate surface area is 124 Å². The summed E-state index contributed by atoms with van der Waals surface area (Å²) in [6, 6.07) is 9.29. The zero-order valence-electron chi connectivity index (χ0n) is 12.0. The van der Waals surface area contributed by atoms with E-state index >= 15 is 0 Å². The Kier molecular flexibility index (Phi) is 4.13. The first-order valence-electron chi connectivity index (χ1n) is 7.24. The van der Waals surface area contributed by atoms with E-state index in [1.165, 1.54) is 28.9 Å². The Hall–Kier alpha value is -1.26. The molecule has 0 fully saturated rings. The molecule has 1 aliphatic rings. The summed E-state index contributed by atoms with van der Waals surface area (Å²) in [5.41, 5.74) is 2.98. The highest BCUT2D eigenvalue weighted by Crippen LogP contribution is 2.39. The highest BCUT2D eigenvalue weighted by Gasteiger charge is 2.29. The number of aryl methyl sites for hydroxylation is 2. The molecule has 1 aliphatic carbocycles. The summed E-state index contributed by atoms with van der Waals surface area (Å²) in [6.45, 7) is 3.19. The summed E-state index contributed by atoms with van der Waals surface area (Å²) >= 11 is 1.95. The van der Waals surface area contributed by atoms with Crippen LogP contribution in [0.25, 0.3) is 0 Å². The van der Waals surface area contributed by atoms with Gasteiger partial charge in [-0.3, -0.25) is 4.68 Å². The summed E-state index contributed by atoms with van der Waals surface area (Å²) in [7, 11) is 1.97. The van der Waals surface area contributed by atoms with Gasteiger partial charge >= 0.3 is 0 Å². The van der Waals surface area contributed by atoms with Crippen LogP contribution in [0.1, 0.15) is 30.5 Å². The van der Waals surface area contributed by atoms with E-state index in [0.717, 1.165) is 6.54 Å². The van der Waals surface area contributed by atoms with Crippen LogP contribution in [0.15, 0.2) is 41.6 Å². The third kappa shape index (κ3) is 2.76. The molecule has 0 bridgehead atoms. The monoisotopic (exact) mass is 287 g/mol. The van der Waals surface area contributed by atoms with Gasteiger partial charge in [-0.15, -0.1) is 11.8 Å². The Morgan fingerprint density at radius 2 is 2.25 bits per heavy atom. The maximum atomic E-state index is 4.27. The van der Waals surface area contributed by atoms with E-state index in [4.69, 9.17) is 0 Å². The van der Waals surface area contributed by atoms with Crippen molar-refractivity contribution in [1.29, 1.82) is 0 Å². The molecule has 0 spiro atoms. The molecule has 20 heavy (non-hydrogen) atoms. The summed E-state index contributed by atoms with van der Waals surface area (Å²) in [6.07, 6.45) is 6.46. The van der Waals surface area contributed by atoms with E-state index in [2.05, 4.69) is 47.8 Å². The first-order valence-corrected chi connectivity index (χ1v) is 8.12. The number of fused-ring (bicyclic) bond motifs is 1. The molecule has 2 aromatic rings. The fourth-order valence-electron chi connectivity index (χ4n) is 2.95. The second-order valence-corrected chi connectivity index (χ2v) is 6.59. The van der Waals surface area contributed by atoms with E-state index in [0.29, 0.717) is 11.3 Å². The van der Waals surface area contributed by atoms with Crippen LogP contribution in [-0.2, 0) is 13.5 Å². The van der Waals surface area contributed by atoms with Crippen LogP contribution in [-0.4, -0.2) is 21.6 Å². The van der Waals surface area contributed by atoms with E-state index in [1.807, 2.05) is 29.7 Å². The number of thioether (sulfide) groups is 1. The summed E-state index contributed by atoms with van der Waals surface area (Å²) < 4.78 is 1.88. The molecular weight excluding hydrogens is 266 g/mol. The van der Waals surface area contributed by atoms with Crippen molar-refractivity contribution < 1.29 is 0 Å². The molecule has 4 heteroatoms. The lowest BCUT2D eigenvalue weighted by Crippen LogP contribution is -2.34. The van der Waals surface area contributed by atoms with Gasteiger partial charge in [-0.1, -0.05) is 31.2 Å². The lowest BCUT2D eigenvalue weighted by Gasteiger charge is -2.33. The largest absolute Gasteiger partial charge is 0.309 e. The first kappa shape index (κ1) is 13.7. The van der Waals surface area contributed by atoms with Crippen LogP contribution in [0.4, 0.5) is 0 Å². The van der Waals surface area contributed by atoms with Gasteiger partial charge in [0.05, 0.1) is 6.20 Å². The second-order valence-electron chi connectivity index (χ2n) is 5.28. The third-order valence-corrected chi connectivity index (χ3v) is 5.15. The molecule has 0 radical (unpaired) electrons. The fraction of sp³-hybridized carbons (Fsp3) is 0.438. The average Bonchev–Trinajstić information content (AvgIpc) is 2.87. The SMILES string of the molecule is CCNC1c2ccccc2CCC1Sc1cnn(C)c1. The minimum Gasteiger partial charge on any atom is -0.309 e. The van der Waals surface area contributed by atoms with Gasteiger partial charge in [0.1, 0.15) is 0 Å². The number of hydrogen-bond donors (Lipinski definition) is 1. The molecule has 106 valence electrons.